The highest BCUT2D eigenvalue weighted by Gasteiger charge is 2.20. The van der Waals surface area contributed by atoms with Crippen molar-refractivity contribution >= 4 is 22.4 Å². The van der Waals surface area contributed by atoms with Crippen molar-refractivity contribution in [2.75, 3.05) is 11.4 Å². The molecule has 3 rings (SSSR count). The van der Waals surface area contributed by atoms with Gasteiger partial charge in [0.05, 0.1) is 11.3 Å². The van der Waals surface area contributed by atoms with Crippen LogP contribution in [0.1, 0.15) is 34.1 Å². The number of aromatic carboxylic acids is 1. The molecule has 0 spiro atoms. The molecule has 5 heteroatoms. The number of hydrogen-bond acceptors (Lipinski definition) is 4. The number of rotatable bonds is 3. The van der Waals surface area contributed by atoms with Gasteiger partial charge in [0, 0.05) is 18.5 Å². The molecule has 0 bridgehead atoms. The summed E-state index contributed by atoms with van der Waals surface area (Å²) in [6, 6.07) is 5.42. The van der Waals surface area contributed by atoms with E-state index in [0.29, 0.717) is 5.56 Å². The van der Waals surface area contributed by atoms with Crippen LogP contribution in [0.3, 0.4) is 0 Å². The maximum absolute atomic E-state index is 11.1. The first-order valence-corrected chi connectivity index (χ1v) is 7.59. The fourth-order valence-electron chi connectivity index (χ4n) is 2.46. The average Bonchev–Trinajstić information content (AvgIpc) is 2.95. The lowest BCUT2D eigenvalue weighted by atomic mass is 9.98. The summed E-state index contributed by atoms with van der Waals surface area (Å²) in [5.74, 6) is -0.868. The molecule has 20 heavy (non-hydrogen) atoms. The lowest BCUT2D eigenvalue weighted by Crippen LogP contribution is -2.30. The highest BCUT2D eigenvalue weighted by molar-refractivity contribution is 7.13. The normalized spacial score (nSPS) is 14.2. The molecule has 0 aliphatic carbocycles. The standard InChI is InChI=1S/C15H16N2O2S/c1-2-13-9-20-15(16-13)17-6-5-10-3-4-11(14(18)19)7-12(10)8-17/h3-4,7,9H,2,5-6,8H2,1H3,(H,18,19). The zero-order valence-corrected chi connectivity index (χ0v) is 12.1. The molecular weight excluding hydrogens is 272 g/mol. The first kappa shape index (κ1) is 13.1. The minimum Gasteiger partial charge on any atom is -0.478 e. The molecule has 0 amide bonds. The molecule has 0 saturated heterocycles. The predicted molar refractivity (Wildman–Crippen MR) is 79.6 cm³/mol. The number of fused-ring (bicyclic) bond motifs is 1. The summed E-state index contributed by atoms with van der Waals surface area (Å²) in [5.41, 5.74) is 3.83. The van der Waals surface area contributed by atoms with E-state index in [1.165, 1.54) is 5.56 Å². The molecule has 4 nitrogen and oxygen atoms in total. The van der Waals surface area contributed by atoms with Crippen molar-refractivity contribution < 1.29 is 9.90 Å². The summed E-state index contributed by atoms with van der Waals surface area (Å²) in [6.07, 6.45) is 1.89. The maximum Gasteiger partial charge on any atom is 0.335 e. The van der Waals surface area contributed by atoms with E-state index >= 15 is 0 Å². The van der Waals surface area contributed by atoms with Crippen molar-refractivity contribution in [3.63, 3.8) is 0 Å². The topological polar surface area (TPSA) is 53.4 Å². The molecule has 2 aromatic rings. The second kappa shape index (κ2) is 5.25. The second-order valence-electron chi connectivity index (χ2n) is 4.94. The predicted octanol–water partition coefficient (Wildman–Crippen LogP) is 2.97. The number of thiazole rings is 1. The summed E-state index contributed by atoms with van der Waals surface area (Å²) >= 11 is 1.66. The van der Waals surface area contributed by atoms with Crippen LogP contribution in [0.2, 0.25) is 0 Å². The Kier molecular flexibility index (Phi) is 3.44. The molecule has 0 atom stereocenters. The molecule has 1 aromatic carbocycles. The molecule has 0 fully saturated rings. The van der Waals surface area contributed by atoms with E-state index in [9.17, 15) is 4.79 Å². The van der Waals surface area contributed by atoms with Gasteiger partial charge >= 0.3 is 5.97 Å². The van der Waals surface area contributed by atoms with Gasteiger partial charge in [0.15, 0.2) is 5.13 Å². The smallest absolute Gasteiger partial charge is 0.335 e. The molecule has 0 unspecified atom stereocenters. The zero-order valence-electron chi connectivity index (χ0n) is 11.3. The summed E-state index contributed by atoms with van der Waals surface area (Å²) in [7, 11) is 0. The lowest BCUT2D eigenvalue weighted by molar-refractivity contribution is 0.0696. The van der Waals surface area contributed by atoms with Crippen LogP contribution in [0.5, 0.6) is 0 Å². The van der Waals surface area contributed by atoms with Gasteiger partial charge in [-0.15, -0.1) is 11.3 Å². The average molecular weight is 288 g/mol. The van der Waals surface area contributed by atoms with E-state index in [2.05, 4.69) is 22.2 Å². The number of nitrogens with zero attached hydrogens (tertiary/aromatic N) is 2. The van der Waals surface area contributed by atoms with Crippen LogP contribution in [-0.2, 0) is 19.4 Å². The van der Waals surface area contributed by atoms with Crippen molar-refractivity contribution in [2.45, 2.75) is 26.3 Å². The summed E-state index contributed by atoms with van der Waals surface area (Å²) in [4.78, 5) is 17.9. The molecule has 1 N–H and O–H groups in total. The van der Waals surface area contributed by atoms with Crippen molar-refractivity contribution in [1.29, 1.82) is 0 Å². The number of aryl methyl sites for hydroxylation is 1. The Morgan fingerprint density at radius 2 is 2.30 bits per heavy atom. The molecule has 1 aromatic heterocycles. The van der Waals surface area contributed by atoms with Crippen LogP contribution in [0.4, 0.5) is 5.13 Å². The first-order chi connectivity index (χ1) is 9.67. The van der Waals surface area contributed by atoms with Crippen LogP contribution in [-0.4, -0.2) is 22.6 Å². The third-order valence-corrected chi connectivity index (χ3v) is 4.59. The summed E-state index contributed by atoms with van der Waals surface area (Å²) < 4.78 is 0. The van der Waals surface area contributed by atoms with Gasteiger partial charge in [-0.05, 0) is 36.1 Å². The third-order valence-electron chi connectivity index (χ3n) is 3.64. The van der Waals surface area contributed by atoms with E-state index in [4.69, 9.17) is 5.11 Å². The molecule has 1 aliphatic heterocycles. The minimum absolute atomic E-state index is 0.360. The third kappa shape index (κ3) is 2.41. The van der Waals surface area contributed by atoms with E-state index in [0.717, 1.165) is 42.3 Å². The van der Waals surface area contributed by atoms with Crippen LogP contribution in [0.15, 0.2) is 23.6 Å². The van der Waals surface area contributed by atoms with Gasteiger partial charge in [0.25, 0.3) is 0 Å². The maximum atomic E-state index is 11.1. The fraction of sp³-hybridized carbons (Fsp3) is 0.333. The number of carbonyl (C=O) groups is 1. The van der Waals surface area contributed by atoms with Crippen LogP contribution < -0.4 is 4.90 Å². The molecule has 0 saturated carbocycles. The number of anilines is 1. The zero-order chi connectivity index (χ0) is 14.1. The Hall–Kier alpha value is -1.88. The quantitative estimate of drug-likeness (QED) is 0.943. The monoisotopic (exact) mass is 288 g/mol. The molecule has 0 radical (unpaired) electrons. The van der Waals surface area contributed by atoms with E-state index in [1.807, 2.05) is 6.07 Å². The van der Waals surface area contributed by atoms with E-state index < -0.39 is 5.97 Å². The largest absolute Gasteiger partial charge is 0.478 e. The van der Waals surface area contributed by atoms with Gasteiger partial charge in [0.2, 0.25) is 0 Å². The molecule has 1 aliphatic rings. The Labute approximate surface area is 121 Å². The van der Waals surface area contributed by atoms with Gasteiger partial charge < -0.3 is 10.0 Å². The summed E-state index contributed by atoms with van der Waals surface area (Å²) in [6.45, 7) is 3.78. The van der Waals surface area contributed by atoms with Gasteiger partial charge in [-0.1, -0.05) is 13.0 Å². The Bertz CT molecular complexity index is 651. The van der Waals surface area contributed by atoms with Crippen molar-refractivity contribution in [3.8, 4) is 0 Å². The van der Waals surface area contributed by atoms with Gasteiger partial charge in [0.1, 0.15) is 0 Å². The Morgan fingerprint density at radius 1 is 1.45 bits per heavy atom. The Balaban J connectivity index is 1.86. The Morgan fingerprint density at radius 3 is 3.00 bits per heavy atom. The number of aromatic nitrogens is 1. The SMILES string of the molecule is CCc1csc(N2CCc3ccc(C(=O)O)cc3C2)n1. The van der Waals surface area contributed by atoms with E-state index in [-0.39, 0.29) is 0 Å². The first-order valence-electron chi connectivity index (χ1n) is 6.72. The van der Waals surface area contributed by atoms with E-state index in [1.54, 1.807) is 23.5 Å². The van der Waals surface area contributed by atoms with Gasteiger partial charge in [-0.25, -0.2) is 9.78 Å². The number of carboxylic acid groups (broad SMARTS) is 1. The molecule has 104 valence electrons. The lowest BCUT2D eigenvalue weighted by Gasteiger charge is -2.28. The highest BCUT2D eigenvalue weighted by atomic mass is 32.1. The number of carboxylic acids is 1. The van der Waals surface area contributed by atoms with Gasteiger partial charge in [-0.3, -0.25) is 0 Å². The van der Waals surface area contributed by atoms with Gasteiger partial charge in [-0.2, -0.15) is 0 Å². The minimum atomic E-state index is -0.868. The van der Waals surface area contributed by atoms with Crippen LogP contribution in [0, 0.1) is 0 Å². The number of benzene rings is 1. The molecule has 2 heterocycles. The number of hydrogen-bond donors (Lipinski definition) is 1. The van der Waals surface area contributed by atoms with Crippen molar-refractivity contribution in [1.82, 2.24) is 4.98 Å². The van der Waals surface area contributed by atoms with Crippen molar-refractivity contribution in [2.24, 2.45) is 0 Å². The molecular formula is C15H16N2O2S. The second-order valence-corrected chi connectivity index (χ2v) is 5.77. The van der Waals surface area contributed by atoms with Crippen LogP contribution in [0.25, 0.3) is 0 Å². The van der Waals surface area contributed by atoms with Crippen molar-refractivity contribution in [3.05, 3.63) is 46.0 Å². The highest BCUT2D eigenvalue weighted by Crippen LogP contribution is 2.28. The fourth-order valence-corrected chi connectivity index (χ4v) is 3.39. The summed E-state index contributed by atoms with van der Waals surface area (Å²) in [5, 5.41) is 12.2. The van der Waals surface area contributed by atoms with Crippen LogP contribution >= 0.6 is 11.3 Å².